The van der Waals surface area contributed by atoms with Crippen LogP contribution < -0.4 is 19.7 Å². The number of pyridine rings is 1. The summed E-state index contributed by atoms with van der Waals surface area (Å²) >= 11 is 0. The Labute approximate surface area is 258 Å². The largest absolute Gasteiger partial charge is 0.480 e. The van der Waals surface area contributed by atoms with E-state index < -0.39 is 15.6 Å². The molecule has 44 heavy (non-hydrogen) atoms. The molecule has 4 heterocycles. The number of aliphatic hydroxyl groups is 1. The number of nitrogens with zero attached hydrogens (tertiary/aromatic N) is 5. The number of morpholine rings is 1. The Bertz CT molecular complexity index is 1600. The van der Waals surface area contributed by atoms with Gasteiger partial charge in [0.15, 0.2) is 0 Å². The molecule has 0 unspecified atom stereocenters. The second-order valence-corrected chi connectivity index (χ2v) is 13.8. The van der Waals surface area contributed by atoms with Gasteiger partial charge in [-0.1, -0.05) is 0 Å². The SMILES string of the molecule is CNCc1c(F)cc2c(-c3cnc(OC)c(NS(C)(=O)=O)c3)nc(N3CCOCC3)nc2c1CN1CCC(C(C)(C)O)CC1. The molecule has 2 aromatic heterocycles. The Balaban J connectivity index is 1.68. The number of piperidine rings is 1. The van der Waals surface area contributed by atoms with Crippen molar-refractivity contribution >= 4 is 32.6 Å². The number of sulfonamides is 1. The summed E-state index contributed by atoms with van der Waals surface area (Å²) in [6.45, 7) is 8.28. The molecule has 5 rings (SSSR count). The first kappa shape index (κ1) is 32.2. The van der Waals surface area contributed by atoms with E-state index >= 15 is 4.39 Å². The van der Waals surface area contributed by atoms with E-state index in [2.05, 4.69) is 19.9 Å². The van der Waals surface area contributed by atoms with Crippen LogP contribution in [-0.4, -0.2) is 98.8 Å². The van der Waals surface area contributed by atoms with Crippen LogP contribution in [0.3, 0.4) is 0 Å². The first-order chi connectivity index (χ1) is 20.9. The molecule has 0 bridgehead atoms. The molecule has 0 radical (unpaired) electrons. The van der Waals surface area contributed by atoms with E-state index in [1.165, 1.54) is 19.4 Å². The molecule has 1 aromatic carbocycles. The molecule has 0 aliphatic carbocycles. The molecule has 2 fully saturated rings. The van der Waals surface area contributed by atoms with Gasteiger partial charge < -0.3 is 24.8 Å². The van der Waals surface area contributed by atoms with E-state index in [4.69, 9.17) is 19.4 Å². The lowest BCUT2D eigenvalue weighted by atomic mass is 9.83. The number of aromatic nitrogens is 3. The lowest BCUT2D eigenvalue weighted by molar-refractivity contribution is -0.0136. The van der Waals surface area contributed by atoms with Gasteiger partial charge >= 0.3 is 0 Å². The van der Waals surface area contributed by atoms with E-state index in [0.29, 0.717) is 73.1 Å². The van der Waals surface area contributed by atoms with Gasteiger partial charge in [-0.2, -0.15) is 0 Å². The number of likely N-dealkylation sites (tertiary alicyclic amines) is 1. The summed E-state index contributed by atoms with van der Waals surface area (Å²) in [5, 5.41) is 14.2. The number of rotatable bonds is 10. The lowest BCUT2D eigenvalue weighted by Crippen LogP contribution is -2.41. The maximum absolute atomic E-state index is 16.0. The number of ether oxygens (including phenoxy) is 2. The topological polar surface area (TPSA) is 142 Å². The van der Waals surface area contributed by atoms with Crippen molar-refractivity contribution in [3.8, 4) is 17.1 Å². The summed E-state index contributed by atoms with van der Waals surface area (Å²) in [5.74, 6) is 0.393. The first-order valence-electron chi connectivity index (χ1n) is 14.8. The van der Waals surface area contributed by atoms with Gasteiger partial charge in [-0.15, -0.1) is 0 Å². The van der Waals surface area contributed by atoms with Crippen LogP contribution in [0.1, 0.15) is 37.8 Å². The molecular weight excluding hydrogens is 589 g/mol. The van der Waals surface area contributed by atoms with Gasteiger partial charge in [0.2, 0.25) is 21.9 Å². The molecule has 0 spiro atoms. The molecule has 2 aliphatic rings. The third-order valence-electron chi connectivity index (χ3n) is 8.37. The number of methoxy groups -OCH3 is 1. The van der Waals surface area contributed by atoms with Gasteiger partial charge in [0, 0.05) is 54.5 Å². The minimum Gasteiger partial charge on any atom is -0.480 e. The Morgan fingerprint density at radius 1 is 1.14 bits per heavy atom. The highest BCUT2D eigenvalue weighted by Crippen LogP contribution is 2.37. The zero-order valence-corrected chi connectivity index (χ0v) is 26.8. The summed E-state index contributed by atoms with van der Waals surface area (Å²) in [7, 11) is -0.457. The minimum absolute atomic E-state index is 0.101. The van der Waals surface area contributed by atoms with Crippen LogP contribution in [0.5, 0.6) is 5.88 Å². The van der Waals surface area contributed by atoms with E-state index in [1.807, 2.05) is 18.7 Å². The van der Waals surface area contributed by atoms with Crippen LogP contribution in [0.4, 0.5) is 16.0 Å². The maximum Gasteiger partial charge on any atom is 0.238 e. The Hall–Kier alpha value is -3.17. The predicted octanol–water partition coefficient (Wildman–Crippen LogP) is 2.75. The molecule has 0 saturated carbocycles. The van der Waals surface area contributed by atoms with Crippen molar-refractivity contribution in [2.75, 3.05) is 69.4 Å². The van der Waals surface area contributed by atoms with Gasteiger partial charge in [-0.05, 0) is 64.9 Å². The third-order valence-corrected chi connectivity index (χ3v) is 8.96. The summed E-state index contributed by atoms with van der Waals surface area (Å²) in [4.78, 5) is 18.6. The third kappa shape index (κ3) is 7.20. The fraction of sp³-hybridized carbons (Fsp3) is 0.567. The standard InChI is InChI=1S/C30H42FN7O5S/c1-30(2,39)20-6-8-37(9-7-20)18-23-22(17-32-3)24(31)15-21-26(34-29(35-27(21)23)38-10-12-43-13-11-38)19-14-25(36-44(5,40)41)28(42-4)33-16-19/h14-16,20,32,36,39H,6-13,17-18H2,1-5H3. The van der Waals surface area contributed by atoms with Crippen molar-refractivity contribution in [3.63, 3.8) is 0 Å². The monoisotopic (exact) mass is 631 g/mol. The summed E-state index contributed by atoms with van der Waals surface area (Å²) < 4.78 is 53.6. The smallest absolute Gasteiger partial charge is 0.238 e. The highest BCUT2D eigenvalue weighted by molar-refractivity contribution is 7.92. The lowest BCUT2D eigenvalue weighted by Gasteiger charge is -2.38. The molecule has 0 amide bonds. The summed E-state index contributed by atoms with van der Waals surface area (Å²) in [5.41, 5.74) is 2.24. The van der Waals surface area contributed by atoms with Crippen molar-refractivity contribution in [3.05, 3.63) is 35.3 Å². The van der Waals surface area contributed by atoms with Crippen LogP contribution in [0, 0.1) is 11.7 Å². The van der Waals surface area contributed by atoms with Crippen LogP contribution >= 0.6 is 0 Å². The van der Waals surface area contributed by atoms with Crippen molar-refractivity contribution < 1.29 is 27.4 Å². The number of fused-ring (bicyclic) bond motifs is 1. The van der Waals surface area contributed by atoms with Gasteiger partial charge in [-0.25, -0.2) is 27.8 Å². The second-order valence-electron chi connectivity index (χ2n) is 12.1. The molecule has 2 aliphatic heterocycles. The van der Waals surface area contributed by atoms with Crippen molar-refractivity contribution in [2.24, 2.45) is 5.92 Å². The van der Waals surface area contributed by atoms with Crippen LogP contribution in [0.25, 0.3) is 22.2 Å². The van der Waals surface area contributed by atoms with Gasteiger partial charge in [0.1, 0.15) is 11.5 Å². The summed E-state index contributed by atoms with van der Waals surface area (Å²) in [6.07, 6.45) is 4.26. The van der Waals surface area contributed by atoms with Crippen molar-refractivity contribution in [1.82, 2.24) is 25.2 Å². The fourth-order valence-corrected chi connectivity index (χ4v) is 6.57. The molecule has 0 atom stereocenters. The Morgan fingerprint density at radius 3 is 2.45 bits per heavy atom. The maximum atomic E-state index is 16.0. The number of nitrogens with one attached hydrogen (secondary N) is 2. The fourth-order valence-electron chi connectivity index (χ4n) is 6.03. The normalized spacial score (nSPS) is 17.3. The number of benzene rings is 1. The zero-order valence-electron chi connectivity index (χ0n) is 26.0. The van der Waals surface area contributed by atoms with Crippen LogP contribution in [-0.2, 0) is 27.8 Å². The van der Waals surface area contributed by atoms with Crippen molar-refractivity contribution in [1.29, 1.82) is 0 Å². The first-order valence-corrected chi connectivity index (χ1v) is 16.7. The number of hydrogen-bond donors (Lipinski definition) is 3. The van der Waals surface area contributed by atoms with Crippen LogP contribution in [0.15, 0.2) is 18.3 Å². The number of halogens is 1. The van der Waals surface area contributed by atoms with Gasteiger partial charge in [0.25, 0.3) is 0 Å². The van der Waals surface area contributed by atoms with E-state index in [9.17, 15) is 13.5 Å². The quantitative estimate of drug-likeness (QED) is 0.304. The Morgan fingerprint density at radius 2 is 1.84 bits per heavy atom. The molecular formula is C30H42FN7O5S. The average Bonchev–Trinajstić information content (AvgIpc) is 2.98. The predicted molar refractivity (Wildman–Crippen MR) is 168 cm³/mol. The highest BCUT2D eigenvalue weighted by atomic mass is 32.2. The molecule has 240 valence electrons. The van der Waals surface area contributed by atoms with E-state index in [-0.39, 0.29) is 23.3 Å². The number of anilines is 2. The van der Waals surface area contributed by atoms with Gasteiger partial charge in [0.05, 0.1) is 43.4 Å². The molecule has 12 nitrogen and oxygen atoms in total. The van der Waals surface area contributed by atoms with E-state index in [1.54, 1.807) is 13.1 Å². The Kier molecular flexibility index (Phi) is 9.56. The minimum atomic E-state index is -3.64. The van der Waals surface area contributed by atoms with Gasteiger partial charge in [-0.3, -0.25) is 9.62 Å². The highest BCUT2D eigenvalue weighted by Gasteiger charge is 2.31. The summed E-state index contributed by atoms with van der Waals surface area (Å²) in [6, 6.07) is 3.05. The second kappa shape index (κ2) is 13.1. The zero-order chi connectivity index (χ0) is 31.6. The number of hydrogen-bond acceptors (Lipinski definition) is 11. The average molecular weight is 632 g/mol. The van der Waals surface area contributed by atoms with Crippen LogP contribution in [0.2, 0.25) is 0 Å². The molecule has 3 aromatic rings. The van der Waals surface area contributed by atoms with Crippen molar-refractivity contribution in [2.45, 2.75) is 45.4 Å². The molecule has 14 heteroatoms. The molecule has 2 saturated heterocycles. The van der Waals surface area contributed by atoms with E-state index in [0.717, 1.165) is 37.8 Å². The molecule has 3 N–H and O–H groups in total.